The number of hydrogen-bond donors (Lipinski definition) is 1. The highest BCUT2D eigenvalue weighted by Gasteiger charge is 2.32. The maximum atomic E-state index is 13.3. The maximum Gasteiger partial charge on any atom is 0.243 e. The Morgan fingerprint density at radius 1 is 1.10 bits per heavy atom. The van der Waals surface area contributed by atoms with E-state index in [0.717, 1.165) is 29.7 Å². The third-order valence-electron chi connectivity index (χ3n) is 5.32. The van der Waals surface area contributed by atoms with Crippen molar-refractivity contribution >= 4 is 21.6 Å². The van der Waals surface area contributed by atoms with Crippen LogP contribution in [0.25, 0.3) is 11.1 Å². The van der Waals surface area contributed by atoms with Crippen molar-refractivity contribution in [3.63, 3.8) is 0 Å². The number of hydrogen-bond acceptors (Lipinski definition) is 6. The molecule has 8 nitrogen and oxygen atoms in total. The van der Waals surface area contributed by atoms with E-state index >= 15 is 0 Å². The summed E-state index contributed by atoms with van der Waals surface area (Å²) in [4.78, 5) is 24.1. The molecule has 2 aromatic heterocycles. The smallest absolute Gasteiger partial charge is 0.243 e. The minimum absolute atomic E-state index is 0.0339. The van der Waals surface area contributed by atoms with E-state index < -0.39 is 10.0 Å². The fourth-order valence-electron chi connectivity index (χ4n) is 3.86. The Bertz CT molecular complexity index is 1170. The first-order chi connectivity index (χ1) is 14.9. The van der Waals surface area contributed by atoms with E-state index in [2.05, 4.69) is 20.3 Å². The molecular formula is C22H23N5O3S. The molecule has 0 bridgehead atoms. The van der Waals surface area contributed by atoms with Gasteiger partial charge < -0.3 is 5.32 Å². The van der Waals surface area contributed by atoms with Gasteiger partial charge in [0.05, 0.1) is 10.6 Å². The second kappa shape index (κ2) is 8.91. The van der Waals surface area contributed by atoms with Gasteiger partial charge in [-0.1, -0.05) is 0 Å². The predicted molar refractivity (Wildman–Crippen MR) is 117 cm³/mol. The normalized spacial score (nSPS) is 17.3. The van der Waals surface area contributed by atoms with Gasteiger partial charge in [-0.15, -0.1) is 0 Å². The van der Waals surface area contributed by atoms with Gasteiger partial charge >= 0.3 is 0 Å². The summed E-state index contributed by atoms with van der Waals surface area (Å²) in [5.41, 5.74) is 3.26. The van der Waals surface area contributed by atoms with Gasteiger partial charge in [-0.3, -0.25) is 9.78 Å². The highest BCUT2D eigenvalue weighted by Crippen LogP contribution is 2.34. The number of nitrogens with zero attached hydrogens (tertiary/aromatic N) is 4. The first kappa shape index (κ1) is 21.1. The monoisotopic (exact) mass is 437 g/mol. The summed E-state index contributed by atoms with van der Waals surface area (Å²) in [6.45, 7) is 2.22. The number of aromatic nitrogens is 3. The van der Waals surface area contributed by atoms with Crippen LogP contribution in [0.3, 0.4) is 0 Å². The summed E-state index contributed by atoms with van der Waals surface area (Å²) in [6.07, 6.45) is 8.30. The highest BCUT2D eigenvalue weighted by molar-refractivity contribution is 7.89. The molecule has 1 amide bonds. The van der Waals surface area contributed by atoms with Gasteiger partial charge in [0, 0.05) is 55.8 Å². The Kier molecular flexibility index (Phi) is 6.06. The van der Waals surface area contributed by atoms with Gasteiger partial charge in [0.2, 0.25) is 15.9 Å². The Morgan fingerprint density at radius 2 is 1.84 bits per heavy atom. The quantitative estimate of drug-likeness (QED) is 0.658. The van der Waals surface area contributed by atoms with Gasteiger partial charge in [0.25, 0.3) is 0 Å². The number of pyridine rings is 1. The number of benzene rings is 1. The number of rotatable bonds is 5. The van der Waals surface area contributed by atoms with Crippen LogP contribution in [-0.2, 0) is 14.8 Å². The second-order valence-electron chi connectivity index (χ2n) is 7.47. The largest absolute Gasteiger partial charge is 0.326 e. The van der Waals surface area contributed by atoms with Crippen LogP contribution in [0.5, 0.6) is 0 Å². The SMILES string of the molecule is CC(=O)Nc1ccc(S(=O)(=O)N2CCC[C@@H](c3ncncc3-c3ccncc3)C2)cc1. The molecular weight excluding hydrogens is 414 g/mol. The molecule has 0 aliphatic carbocycles. The number of anilines is 1. The lowest BCUT2D eigenvalue weighted by atomic mass is 9.91. The summed E-state index contributed by atoms with van der Waals surface area (Å²) in [5.74, 6) is -0.238. The Labute approximate surface area is 181 Å². The van der Waals surface area contributed by atoms with E-state index in [1.54, 1.807) is 30.7 Å². The first-order valence-corrected chi connectivity index (χ1v) is 11.5. The Hall–Kier alpha value is -3.17. The molecule has 0 saturated carbocycles. The number of carbonyl (C=O) groups is 1. The van der Waals surface area contributed by atoms with Crippen molar-refractivity contribution in [1.29, 1.82) is 0 Å². The summed E-state index contributed by atoms with van der Waals surface area (Å²) in [5, 5.41) is 2.65. The highest BCUT2D eigenvalue weighted by atomic mass is 32.2. The summed E-state index contributed by atoms with van der Waals surface area (Å²) in [7, 11) is -3.66. The number of piperidine rings is 1. The zero-order chi connectivity index (χ0) is 21.8. The third-order valence-corrected chi connectivity index (χ3v) is 7.20. The molecule has 1 saturated heterocycles. The van der Waals surface area contributed by atoms with Crippen molar-refractivity contribution in [1.82, 2.24) is 19.3 Å². The lowest BCUT2D eigenvalue weighted by Crippen LogP contribution is -2.39. The average Bonchev–Trinajstić information content (AvgIpc) is 2.80. The summed E-state index contributed by atoms with van der Waals surface area (Å²) in [6, 6.07) is 10.0. The van der Waals surface area contributed by atoms with E-state index in [1.165, 1.54) is 29.7 Å². The molecule has 4 rings (SSSR count). The second-order valence-corrected chi connectivity index (χ2v) is 9.40. The minimum Gasteiger partial charge on any atom is -0.326 e. The molecule has 0 unspecified atom stereocenters. The van der Waals surface area contributed by atoms with Crippen LogP contribution in [0.2, 0.25) is 0 Å². The van der Waals surface area contributed by atoms with Gasteiger partial charge in [0.1, 0.15) is 6.33 Å². The first-order valence-electron chi connectivity index (χ1n) is 10.0. The van der Waals surface area contributed by atoms with Crippen LogP contribution in [0.4, 0.5) is 5.69 Å². The topological polar surface area (TPSA) is 105 Å². The van der Waals surface area contributed by atoms with Crippen LogP contribution in [0, 0.1) is 0 Å². The molecule has 1 N–H and O–H groups in total. The third kappa shape index (κ3) is 4.62. The van der Waals surface area contributed by atoms with Crippen LogP contribution in [-0.4, -0.2) is 46.7 Å². The lowest BCUT2D eigenvalue weighted by molar-refractivity contribution is -0.114. The van der Waals surface area contributed by atoms with Gasteiger partial charge in [-0.2, -0.15) is 4.31 Å². The Balaban J connectivity index is 1.59. The van der Waals surface area contributed by atoms with Crippen LogP contribution >= 0.6 is 0 Å². The average molecular weight is 438 g/mol. The van der Waals surface area contributed by atoms with E-state index in [9.17, 15) is 13.2 Å². The van der Waals surface area contributed by atoms with Crippen molar-refractivity contribution in [2.24, 2.45) is 0 Å². The summed E-state index contributed by atoms with van der Waals surface area (Å²) < 4.78 is 28.0. The zero-order valence-corrected chi connectivity index (χ0v) is 17.9. The van der Waals surface area contributed by atoms with Crippen molar-refractivity contribution in [3.8, 4) is 11.1 Å². The number of sulfonamides is 1. The number of carbonyl (C=O) groups excluding carboxylic acids is 1. The van der Waals surface area contributed by atoms with Crippen molar-refractivity contribution < 1.29 is 13.2 Å². The van der Waals surface area contributed by atoms with Crippen LogP contribution < -0.4 is 5.32 Å². The number of nitrogens with one attached hydrogen (secondary N) is 1. The van der Waals surface area contributed by atoms with Gasteiger partial charge in [-0.05, 0) is 54.8 Å². The zero-order valence-electron chi connectivity index (χ0n) is 17.1. The fraction of sp³-hybridized carbons (Fsp3) is 0.273. The minimum atomic E-state index is -3.66. The number of amides is 1. The predicted octanol–water partition coefficient (Wildman–Crippen LogP) is 3.07. The van der Waals surface area contributed by atoms with E-state index in [4.69, 9.17) is 0 Å². The molecule has 1 atom stereocenters. The van der Waals surface area contributed by atoms with E-state index in [0.29, 0.717) is 18.8 Å². The molecule has 9 heteroatoms. The molecule has 1 aliphatic heterocycles. The summed E-state index contributed by atoms with van der Waals surface area (Å²) >= 11 is 0. The molecule has 1 aliphatic rings. The molecule has 0 radical (unpaired) electrons. The van der Waals surface area contributed by atoms with Crippen LogP contribution in [0.1, 0.15) is 31.4 Å². The molecule has 31 heavy (non-hydrogen) atoms. The fourth-order valence-corrected chi connectivity index (χ4v) is 5.39. The molecule has 0 spiro atoms. The lowest BCUT2D eigenvalue weighted by Gasteiger charge is -2.32. The molecule has 3 aromatic rings. The Morgan fingerprint density at radius 3 is 2.55 bits per heavy atom. The van der Waals surface area contributed by atoms with Crippen molar-refractivity contribution in [2.45, 2.75) is 30.6 Å². The van der Waals surface area contributed by atoms with E-state index in [1.807, 2.05) is 12.1 Å². The van der Waals surface area contributed by atoms with Gasteiger partial charge in [0.15, 0.2) is 0 Å². The van der Waals surface area contributed by atoms with Crippen LogP contribution in [0.15, 0.2) is 66.2 Å². The van der Waals surface area contributed by atoms with E-state index in [-0.39, 0.29) is 16.7 Å². The van der Waals surface area contributed by atoms with Crippen molar-refractivity contribution in [2.75, 3.05) is 18.4 Å². The molecule has 160 valence electrons. The molecule has 1 aromatic carbocycles. The standard InChI is InChI=1S/C22H23N5O3S/c1-16(28)26-19-4-6-20(7-5-19)31(29,30)27-12-2-3-18(14-27)22-21(13-24-15-25-22)17-8-10-23-11-9-17/h4-11,13,15,18H,2-3,12,14H2,1H3,(H,26,28)/t18-/m1/s1. The molecule has 3 heterocycles. The van der Waals surface area contributed by atoms with Crippen molar-refractivity contribution in [3.05, 3.63) is 67.0 Å². The van der Waals surface area contributed by atoms with Gasteiger partial charge in [-0.25, -0.2) is 18.4 Å². The maximum absolute atomic E-state index is 13.3. The molecule has 1 fully saturated rings.